The third-order valence-corrected chi connectivity index (χ3v) is 2.84. The van der Waals surface area contributed by atoms with Gasteiger partial charge < -0.3 is 14.4 Å². The van der Waals surface area contributed by atoms with Gasteiger partial charge in [0.2, 0.25) is 12.7 Å². The summed E-state index contributed by atoms with van der Waals surface area (Å²) < 4.78 is 10.6. The van der Waals surface area contributed by atoms with Crippen LogP contribution in [0.3, 0.4) is 0 Å². The molecule has 0 unspecified atom stereocenters. The smallest absolute Gasteiger partial charge is 0.231 e. The lowest BCUT2D eigenvalue weighted by Crippen LogP contribution is -2.31. The fraction of sp³-hybridized carbons (Fsp3) is 0.500. The minimum absolute atomic E-state index is 0.0985. The van der Waals surface area contributed by atoms with Crippen LogP contribution in [0, 0.1) is 5.92 Å². The predicted octanol–water partition coefficient (Wildman–Crippen LogP) is 2.42. The van der Waals surface area contributed by atoms with Crippen molar-refractivity contribution < 1.29 is 14.3 Å². The molecule has 4 nitrogen and oxygen atoms in total. The largest absolute Gasteiger partial charge is 0.454 e. The molecule has 0 aromatic heterocycles. The van der Waals surface area contributed by atoms with Crippen molar-refractivity contribution in [3.63, 3.8) is 0 Å². The van der Waals surface area contributed by atoms with Crippen LogP contribution in [0.2, 0.25) is 0 Å². The van der Waals surface area contributed by atoms with Crippen LogP contribution in [0.25, 0.3) is 0 Å². The van der Waals surface area contributed by atoms with Crippen LogP contribution in [0.1, 0.15) is 26.3 Å². The summed E-state index contributed by atoms with van der Waals surface area (Å²) in [6.45, 7) is 7.48. The van der Waals surface area contributed by atoms with Crippen LogP contribution < -0.4 is 9.47 Å². The molecule has 1 aromatic rings. The van der Waals surface area contributed by atoms with Gasteiger partial charge in [-0.3, -0.25) is 4.79 Å². The molecule has 0 N–H and O–H groups in total. The number of hydrogen-bond acceptors (Lipinski definition) is 3. The average Bonchev–Trinajstić information content (AvgIpc) is 2.74. The van der Waals surface area contributed by atoms with E-state index >= 15 is 0 Å². The molecule has 1 aliphatic rings. The zero-order valence-corrected chi connectivity index (χ0v) is 11.1. The highest BCUT2D eigenvalue weighted by Gasteiger charge is 2.16. The first-order valence-corrected chi connectivity index (χ1v) is 6.20. The molecule has 2 rings (SSSR count). The zero-order valence-electron chi connectivity index (χ0n) is 11.1. The fourth-order valence-corrected chi connectivity index (χ4v) is 2.00. The Morgan fingerprint density at radius 2 is 2.06 bits per heavy atom. The number of nitrogens with zero attached hydrogens (tertiary/aromatic N) is 1. The van der Waals surface area contributed by atoms with E-state index in [1.165, 1.54) is 0 Å². The van der Waals surface area contributed by atoms with Crippen molar-refractivity contribution >= 4 is 5.91 Å². The summed E-state index contributed by atoms with van der Waals surface area (Å²) in [5, 5.41) is 0. The summed E-state index contributed by atoms with van der Waals surface area (Å²) in [6.07, 6.45) is 0. The number of rotatable bonds is 4. The first kappa shape index (κ1) is 12.7. The molecule has 1 heterocycles. The summed E-state index contributed by atoms with van der Waals surface area (Å²) in [5.74, 6) is 2.10. The van der Waals surface area contributed by atoms with Gasteiger partial charge in [-0.15, -0.1) is 0 Å². The highest BCUT2D eigenvalue weighted by molar-refractivity contribution is 5.73. The third-order valence-electron chi connectivity index (χ3n) is 2.84. The minimum atomic E-state index is 0.0985. The van der Waals surface area contributed by atoms with Crippen LogP contribution in [-0.4, -0.2) is 24.1 Å². The summed E-state index contributed by atoms with van der Waals surface area (Å²) in [6, 6.07) is 5.81. The number of hydrogen-bond donors (Lipinski definition) is 0. The molecular weight excluding hydrogens is 230 g/mol. The van der Waals surface area contributed by atoms with Crippen molar-refractivity contribution in [1.82, 2.24) is 4.90 Å². The van der Waals surface area contributed by atoms with Crippen molar-refractivity contribution in [2.45, 2.75) is 27.3 Å². The van der Waals surface area contributed by atoms with Crippen LogP contribution in [0.15, 0.2) is 18.2 Å². The second kappa shape index (κ2) is 5.29. The Bertz CT molecular complexity index is 443. The molecule has 1 amide bonds. The van der Waals surface area contributed by atoms with E-state index < -0.39 is 0 Å². The van der Waals surface area contributed by atoms with Gasteiger partial charge in [0.1, 0.15) is 0 Å². The Labute approximate surface area is 107 Å². The van der Waals surface area contributed by atoms with E-state index in [1.807, 2.05) is 23.1 Å². The molecule has 0 aliphatic carbocycles. The number of amides is 1. The first-order valence-electron chi connectivity index (χ1n) is 6.20. The van der Waals surface area contributed by atoms with Gasteiger partial charge in [0.05, 0.1) is 0 Å². The number of benzene rings is 1. The number of carbonyl (C=O) groups excluding carboxylic acids is 1. The van der Waals surface area contributed by atoms with Crippen LogP contribution in [0.5, 0.6) is 11.5 Å². The fourth-order valence-electron chi connectivity index (χ4n) is 2.00. The van der Waals surface area contributed by atoms with Crippen LogP contribution in [0.4, 0.5) is 0 Å². The van der Waals surface area contributed by atoms with Crippen LogP contribution >= 0.6 is 0 Å². The monoisotopic (exact) mass is 249 g/mol. The molecule has 0 fully saturated rings. The van der Waals surface area contributed by atoms with Gasteiger partial charge >= 0.3 is 0 Å². The lowest BCUT2D eigenvalue weighted by atomic mass is 10.1. The quantitative estimate of drug-likeness (QED) is 0.822. The standard InChI is InChI=1S/C14H19NO3/c1-10(2)7-15(11(3)16)8-12-4-5-13-14(6-12)18-9-17-13/h4-6,10H,7-9H2,1-3H3. The topological polar surface area (TPSA) is 38.8 Å². The van der Waals surface area contributed by atoms with E-state index in [4.69, 9.17) is 9.47 Å². The van der Waals surface area contributed by atoms with Gasteiger partial charge in [0.15, 0.2) is 11.5 Å². The van der Waals surface area contributed by atoms with Gasteiger partial charge in [-0.1, -0.05) is 19.9 Å². The van der Waals surface area contributed by atoms with E-state index in [2.05, 4.69) is 13.8 Å². The lowest BCUT2D eigenvalue weighted by molar-refractivity contribution is -0.130. The Morgan fingerprint density at radius 3 is 2.72 bits per heavy atom. The van der Waals surface area contributed by atoms with E-state index in [0.29, 0.717) is 12.5 Å². The molecule has 0 atom stereocenters. The van der Waals surface area contributed by atoms with E-state index in [0.717, 1.165) is 23.6 Å². The van der Waals surface area contributed by atoms with Crippen molar-refractivity contribution in [1.29, 1.82) is 0 Å². The molecule has 4 heteroatoms. The van der Waals surface area contributed by atoms with Gasteiger partial charge in [0.25, 0.3) is 0 Å². The molecule has 98 valence electrons. The van der Waals surface area contributed by atoms with Crippen molar-refractivity contribution in [3.8, 4) is 11.5 Å². The second-order valence-electron chi connectivity index (χ2n) is 4.98. The molecule has 0 saturated carbocycles. The van der Waals surface area contributed by atoms with Gasteiger partial charge in [-0.25, -0.2) is 0 Å². The number of carbonyl (C=O) groups is 1. The van der Waals surface area contributed by atoms with E-state index in [9.17, 15) is 4.79 Å². The SMILES string of the molecule is CC(=O)N(Cc1ccc2c(c1)OCO2)CC(C)C. The molecule has 0 spiro atoms. The predicted molar refractivity (Wildman–Crippen MR) is 68.5 cm³/mol. The summed E-state index contributed by atoms with van der Waals surface area (Å²) in [7, 11) is 0. The minimum Gasteiger partial charge on any atom is -0.454 e. The molecule has 1 aromatic carbocycles. The van der Waals surface area contributed by atoms with E-state index in [1.54, 1.807) is 6.92 Å². The first-order chi connectivity index (χ1) is 8.56. The van der Waals surface area contributed by atoms with Crippen molar-refractivity contribution in [2.24, 2.45) is 5.92 Å². The highest BCUT2D eigenvalue weighted by atomic mass is 16.7. The number of ether oxygens (including phenoxy) is 2. The highest BCUT2D eigenvalue weighted by Crippen LogP contribution is 2.32. The van der Waals surface area contributed by atoms with Crippen molar-refractivity contribution in [3.05, 3.63) is 23.8 Å². The molecule has 1 aliphatic heterocycles. The Kier molecular flexibility index (Phi) is 3.75. The second-order valence-corrected chi connectivity index (χ2v) is 4.98. The lowest BCUT2D eigenvalue weighted by Gasteiger charge is -2.23. The summed E-state index contributed by atoms with van der Waals surface area (Å²) >= 11 is 0. The Hall–Kier alpha value is -1.71. The van der Waals surface area contributed by atoms with E-state index in [-0.39, 0.29) is 12.7 Å². The van der Waals surface area contributed by atoms with Crippen LogP contribution in [-0.2, 0) is 11.3 Å². The summed E-state index contributed by atoms with van der Waals surface area (Å²) in [5.41, 5.74) is 1.06. The molecule has 18 heavy (non-hydrogen) atoms. The third kappa shape index (κ3) is 2.94. The van der Waals surface area contributed by atoms with Gasteiger partial charge in [-0.05, 0) is 23.6 Å². The Balaban J connectivity index is 2.09. The molecule has 0 saturated heterocycles. The normalized spacial score (nSPS) is 12.9. The van der Waals surface area contributed by atoms with Crippen molar-refractivity contribution in [2.75, 3.05) is 13.3 Å². The van der Waals surface area contributed by atoms with Gasteiger partial charge in [-0.2, -0.15) is 0 Å². The molecule has 0 bridgehead atoms. The maximum absolute atomic E-state index is 11.6. The molecular formula is C14H19NO3. The molecule has 0 radical (unpaired) electrons. The Morgan fingerprint density at radius 1 is 1.33 bits per heavy atom. The maximum Gasteiger partial charge on any atom is 0.231 e. The van der Waals surface area contributed by atoms with Gasteiger partial charge in [0, 0.05) is 20.0 Å². The average molecular weight is 249 g/mol. The zero-order chi connectivity index (χ0) is 13.1. The number of fused-ring (bicyclic) bond motifs is 1. The maximum atomic E-state index is 11.6. The summed E-state index contributed by atoms with van der Waals surface area (Å²) in [4.78, 5) is 13.4.